The van der Waals surface area contributed by atoms with Crippen molar-refractivity contribution < 1.29 is 120 Å². The van der Waals surface area contributed by atoms with Gasteiger partial charge < -0.3 is 20.4 Å². The smallest absolute Gasteiger partial charge is 0.155 e. The van der Waals surface area contributed by atoms with E-state index in [9.17, 15) is 19.2 Å². The third-order valence-electron chi connectivity index (χ3n) is 16.9. The summed E-state index contributed by atoms with van der Waals surface area (Å²) in [5, 5.41) is 38.2. The summed E-state index contributed by atoms with van der Waals surface area (Å²) in [5.74, 6) is -0.250. The standard InChI is InChI=1S/C23H18N.C21H22N.C19H18N.C17H14N.4C5H8O2.4Ir/c1-16-13-17(2)15-19(14-16)22-12-11-21-20(9-6-10-23(21)24-22)18-7-4-3-5-8-18;1-14-10-16(13-17(11-14)21(3,4)5)20-12-15(2)18-8-6-7-9-19(18)22-20;1-3-14-11-15(4-2)13-17(12-14)19-10-9-16-7-5-6-8-18(16)20-19;1-12-7-8-15(11-13(12)2)17-10-9-14-5-3-4-6-16(14)18-17;4*1-4(6)3-5(2)7;;;;/h3-14H,1-2H3;6-9,11-13H,1-5H3;5-12H,3-4H2,1-2H3;3-7,9-11H,1-2H3;4*3,6H,1-2H3;;;;/q4*-1;;;;;;;;. The van der Waals surface area contributed by atoms with E-state index < -0.39 is 0 Å². The van der Waals surface area contributed by atoms with Gasteiger partial charge in [-0.15, -0.1) is 140 Å². The summed E-state index contributed by atoms with van der Waals surface area (Å²) in [6.07, 6.45) is 6.72. The quantitative estimate of drug-likeness (QED) is 0.0543. The molecule has 0 fully saturated rings. The van der Waals surface area contributed by atoms with E-state index in [0.717, 1.165) is 91.1 Å². The Labute approximate surface area is 740 Å². The van der Waals surface area contributed by atoms with Gasteiger partial charge in [0.25, 0.3) is 0 Å². The number of hydrogen-bond donors (Lipinski definition) is 4. The van der Waals surface area contributed by atoms with Crippen LogP contribution >= 0.6 is 0 Å². The van der Waals surface area contributed by atoms with Crippen molar-refractivity contribution in [2.24, 2.45) is 0 Å². The number of carbonyl (C=O) groups is 4. The molecule has 0 aliphatic rings. The molecule has 13 aromatic rings. The molecule has 0 saturated heterocycles. The normalized spacial score (nSPS) is 10.8. The number of aromatic nitrogens is 4. The number of aliphatic hydroxyl groups is 4. The first kappa shape index (κ1) is 102. The molecule has 4 aromatic heterocycles. The van der Waals surface area contributed by atoms with Gasteiger partial charge in [0, 0.05) is 115 Å². The molecule has 13 rings (SSSR count). The van der Waals surface area contributed by atoms with Crippen LogP contribution in [-0.4, -0.2) is 63.5 Å². The summed E-state index contributed by atoms with van der Waals surface area (Å²) < 4.78 is 0. The van der Waals surface area contributed by atoms with Crippen molar-refractivity contribution in [3.05, 3.63) is 334 Å². The molecule has 0 aliphatic carbocycles. The molecule has 0 saturated carbocycles. The van der Waals surface area contributed by atoms with Crippen LogP contribution in [0.3, 0.4) is 0 Å². The molecule has 0 atom stereocenters. The second kappa shape index (κ2) is 50.5. The third kappa shape index (κ3) is 34.5. The van der Waals surface area contributed by atoms with Crippen molar-refractivity contribution in [3.63, 3.8) is 0 Å². The Morgan fingerprint density at radius 3 is 1.26 bits per heavy atom. The zero-order valence-corrected chi connectivity index (χ0v) is 79.1. The van der Waals surface area contributed by atoms with Gasteiger partial charge in [0.1, 0.15) is 0 Å². The van der Waals surface area contributed by atoms with Crippen molar-refractivity contribution in [2.75, 3.05) is 0 Å². The number of hydrogen-bond acceptors (Lipinski definition) is 12. The largest absolute Gasteiger partial charge is 0.512 e. The monoisotopic (exact) mass is 2260 g/mol. The predicted octanol–water partition coefficient (Wildman–Crippen LogP) is 24.9. The van der Waals surface area contributed by atoms with E-state index in [1.165, 1.54) is 151 Å². The SMILES string of the molecule is CC(=O)C=C(C)O.CC(=O)C=C(C)O.CC(=O)C=C(C)O.CC(=O)C=C(C)O.CCc1[c-]c(-c2ccc3ccccc3n2)cc(CC)c1.Cc1[c-]c(-c2cc(C)c3ccccc3n2)cc(C(C)(C)C)c1.Cc1[c-]c(-c2ccc3c(-c4ccccc4)cccc3n2)cc(C)c1.Cc1c[c-]c(-c2ccc3ccccc3n2)cc1C.[Ir].[Ir].[Ir].[Ir]. The summed E-state index contributed by atoms with van der Waals surface area (Å²) >= 11 is 0. The Morgan fingerprint density at radius 2 is 0.793 bits per heavy atom. The van der Waals surface area contributed by atoms with Crippen molar-refractivity contribution in [1.29, 1.82) is 0 Å². The van der Waals surface area contributed by atoms with Gasteiger partial charge in [-0.05, 0) is 155 Å². The molecule has 612 valence electrons. The first-order chi connectivity index (χ1) is 53.1. The van der Waals surface area contributed by atoms with Crippen LogP contribution in [-0.2, 0) is 118 Å². The van der Waals surface area contributed by atoms with Crippen molar-refractivity contribution in [3.8, 4) is 56.2 Å². The second-order valence-electron chi connectivity index (χ2n) is 28.5. The molecule has 4 radical (unpaired) electrons. The fourth-order valence-corrected chi connectivity index (χ4v) is 11.6. The molecular formula is C100H104Ir4N4O8-4. The van der Waals surface area contributed by atoms with Crippen LogP contribution in [0, 0.1) is 65.8 Å². The van der Waals surface area contributed by atoms with E-state index in [1.807, 2.05) is 48.5 Å². The van der Waals surface area contributed by atoms with Crippen LogP contribution in [0.4, 0.5) is 0 Å². The number of rotatable bonds is 11. The fraction of sp³-hybridized carbons (Fsp3) is 0.220. The van der Waals surface area contributed by atoms with E-state index >= 15 is 0 Å². The van der Waals surface area contributed by atoms with E-state index in [4.69, 9.17) is 35.4 Å². The van der Waals surface area contributed by atoms with E-state index in [2.05, 4.69) is 269 Å². The zero-order chi connectivity index (χ0) is 82.4. The Bertz CT molecular complexity index is 5400. The summed E-state index contributed by atoms with van der Waals surface area (Å²) in [6.45, 7) is 35.1. The zero-order valence-electron chi connectivity index (χ0n) is 69.5. The minimum Gasteiger partial charge on any atom is -0.512 e. The molecule has 0 bridgehead atoms. The summed E-state index contributed by atoms with van der Waals surface area (Å²) in [7, 11) is 0. The number of ketones is 4. The Kier molecular flexibility index (Phi) is 44.5. The predicted molar refractivity (Wildman–Crippen MR) is 464 cm³/mol. The maximum atomic E-state index is 10.0. The number of carbonyl (C=O) groups excluding carboxylic acids is 4. The van der Waals surface area contributed by atoms with Crippen molar-refractivity contribution in [2.45, 2.75) is 150 Å². The van der Waals surface area contributed by atoms with Gasteiger partial charge in [0.15, 0.2) is 23.1 Å². The van der Waals surface area contributed by atoms with Crippen LogP contribution in [0.5, 0.6) is 0 Å². The number of benzene rings is 9. The molecule has 9 aromatic carbocycles. The van der Waals surface area contributed by atoms with Crippen LogP contribution < -0.4 is 0 Å². The first-order valence-corrected chi connectivity index (χ1v) is 37.2. The number of pyridine rings is 4. The average Bonchev–Trinajstić information content (AvgIpc) is 0.811. The maximum Gasteiger partial charge on any atom is 0.155 e. The Hall–Kier alpha value is -9.94. The van der Waals surface area contributed by atoms with Gasteiger partial charge >= 0.3 is 0 Å². The molecular weight excluding hydrogens is 2150 g/mol. The second-order valence-corrected chi connectivity index (χ2v) is 28.5. The number of nitrogens with zero attached hydrogens (tertiary/aromatic N) is 4. The minimum absolute atomic E-state index is 0. The minimum atomic E-state index is -0.125. The number of para-hydroxylation sites is 3. The molecule has 16 heteroatoms. The van der Waals surface area contributed by atoms with Gasteiger partial charge in [-0.2, -0.15) is 0 Å². The number of fused-ring (bicyclic) bond motifs is 4. The van der Waals surface area contributed by atoms with Crippen LogP contribution in [0.1, 0.15) is 140 Å². The molecule has 0 unspecified atom stereocenters. The Balaban J connectivity index is 0.000000469. The average molecular weight is 2260 g/mol. The summed E-state index contributed by atoms with van der Waals surface area (Å²) in [4.78, 5) is 59.2. The number of aryl methyl sites for hydroxylation is 8. The van der Waals surface area contributed by atoms with Gasteiger partial charge in [-0.25, -0.2) is 0 Å². The third-order valence-corrected chi connectivity index (χ3v) is 16.9. The molecule has 0 aliphatic heterocycles. The fourth-order valence-electron chi connectivity index (χ4n) is 11.6. The van der Waals surface area contributed by atoms with E-state index in [0.29, 0.717) is 0 Å². The maximum absolute atomic E-state index is 10.0. The molecule has 0 amide bonds. The van der Waals surface area contributed by atoms with Crippen molar-refractivity contribution >= 4 is 66.7 Å². The van der Waals surface area contributed by atoms with Crippen LogP contribution in [0.15, 0.2) is 260 Å². The first-order valence-electron chi connectivity index (χ1n) is 37.2. The van der Waals surface area contributed by atoms with Crippen LogP contribution in [0.25, 0.3) is 99.8 Å². The van der Waals surface area contributed by atoms with Crippen LogP contribution in [0.2, 0.25) is 0 Å². The van der Waals surface area contributed by atoms with Gasteiger partial charge in [-0.1, -0.05) is 209 Å². The van der Waals surface area contributed by atoms with E-state index in [-0.39, 0.29) is 132 Å². The number of allylic oxidation sites excluding steroid dienone is 8. The summed E-state index contributed by atoms with van der Waals surface area (Å²) in [6, 6.07) is 87.3. The van der Waals surface area contributed by atoms with Gasteiger partial charge in [-0.3, -0.25) is 39.1 Å². The van der Waals surface area contributed by atoms with E-state index in [1.54, 1.807) is 0 Å². The summed E-state index contributed by atoms with van der Waals surface area (Å²) in [5.41, 5.74) is 26.2. The Morgan fingerprint density at radius 1 is 0.371 bits per heavy atom. The molecule has 4 heterocycles. The van der Waals surface area contributed by atoms with Gasteiger partial charge in [0.2, 0.25) is 0 Å². The molecule has 12 nitrogen and oxygen atoms in total. The molecule has 116 heavy (non-hydrogen) atoms. The van der Waals surface area contributed by atoms with Crippen molar-refractivity contribution in [1.82, 2.24) is 19.9 Å². The molecule has 0 spiro atoms. The number of aliphatic hydroxyl groups excluding tert-OH is 4. The van der Waals surface area contributed by atoms with Gasteiger partial charge in [0.05, 0.1) is 45.1 Å². The topological polar surface area (TPSA) is 201 Å². The molecule has 4 N–H and O–H groups in total.